The molecule has 29 heavy (non-hydrogen) atoms. The third-order valence-corrected chi connectivity index (χ3v) is 6.93. The fourth-order valence-electron chi connectivity index (χ4n) is 3.82. The van der Waals surface area contributed by atoms with Crippen molar-refractivity contribution < 1.29 is 4.42 Å². The Bertz CT molecular complexity index is 1330. The zero-order chi connectivity index (χ0) is 20.0. The molecule has 0 aliphatic rings. The van der Waals surface area contributed by atoms with Gasteiger partial charge >= 0.3 is 0 Å². The molecule has 5 aromatic rings. The average Bonchev–Trinajstić information content (AvgIpc) is 3.11. The van der Waals surface area contributed by atoms with Gasteiger partial charge in [0.15, 0.2) is 0 Å². The number of para-hydroxylation sites is 1. The largest absolute Gasteiger partial charge is 0.456 e. The van der Waals surface area contributed by atoms with E-state index in [1.807, 2.05) is 12.1 Å². The van der Waals surface area contributed by atoms with Crippen LogP contribution in [0.5, 0.6) is 0 Å². The summed E-state index contributed by atoms with van der Waals surface area (Å²) in [5.74, 6) is 0. The molecule has 0 saturated carbocycles. The molecule has 0 bridgehead atoms. The van der Waals surface area contributed by atoms with Crippen LogP contribution >= 0.6 is 10.0 Å². The Labute approximate surface area is 172 Å². The van der Waals surface area contributed by atoms with E-state index in [1.165, 1.54) is 16.0 Å². The van der Waals surface area contributed by atoms with Gasteiger partial charge in [0.1, 0.15) is 11.2 Å². The molecular weight excluding hydrogens is 374 g/mol. The summed E-state index contributed by atoms with van der Waals surface area (Å²) in [5.41, 5.74) is 6.44. The first-order valence-electron chi connectivity index (χ1n) is 9.66. The molecule has 2 heterocycles. The molecule has 0 unspecified atom stereocenters. The summed E-state index contributed by atoms with van der Waals surface area (Å²) >= 11 is 0. The number of rotatable bonds is 3. The van der Waals surface area contributed by atoms with Crippen molar-refractivity contribution in [3.8, 4) is 22.4 Å². The molecule has 3 aromatic carbocycles. The third kappa shape index (κ3) is 3.22. The van der Waals surface area contributed by atoms with Gasteiger partial charge < -0.3 is 4.42 Å². The second-order valence-corrected chi connectivity index (χ2v) is 12.2. The van der Waals surface area contributed by atoms with Gasteiger partial charge in [-0.05, 0) is 60.2 Å². The summed E-state index contributed by atoms with van der Waals surface area (Å²) < 4.78 is 5.98. The molecular formula is C26H23NOS. The molecule has 0 N–H and O–H groups in total. The number of benzene rings is 3. The second kappa shape index (κ2) is 6.78. The molecule has 0 spiro atoms. The highest BCUT2D eigenvalue weighted by Gasteiger charge is 2.17. The van der Waals surface area contributed by atoms with Gasteiger partial charge in [-0.15, -0.1) is 0 Å². The monoisotopic (exact) mass is 397 g/mol. The molecule has 0 fully saturated rings. The lowest BCUT2D eigenvalue weighted by Crippen LogP contribution is -1.98. The van der Waals surface area contributed by atoms with Gasteiger partial charge in [0, 0.05) is 27.4 Å². The minimum Gasteiger partial charge on any atom is -0.456 e. The van der Waals surface area contributed by atoms with Crippen molar-refractivity contribution in [2.45, 2.75) is 4.90 Å². The van der Waals surface area contributed by atoms with Crippen LogP contribution in [0.15, 0.2) is 94.4 Å². The van der Waals surface area contributed by atoms with Crippen LogP contribution in [-0.4, -0.2) is 23.8 Å². The van der Waals surface area contributed by atoms with E-state index in [0.717, 1.165) is 33.2 Å². The SMILES string of the molecule is CS(C)(C)c1cnc(-c2ccc3oc4ccccc4c3c2)cc1-c1ccccc1. The lowest BCUT2D eigenvalue weighted by molar-refractivity contribution is 0.669. The van der Waals surface area contributed by atoms with Crippen molar-refractivity contribution in [2.75, 3.05) is 18.8 Å². The molecule has 3 heteroatoms. The number of nitrogens with zero attached hydrogens (tertiary/aromatic N) is 1. The van der Waals surface area contributed by atoms with Crippen molar-refractivity contribution in [1.82, 2.24) is 4.98 Å². The van der Waals surface area contributed by atoms with E-state index in [9.17, 15) is 0 Å². The molecule has 0 saturated heterocycles. The molecule has 2 nitrogen and oxygen atoms in total. The number of aromatic nitrogens is 1. The van der Waals surface area contributed by atoms with Gasteiger partial charge in [-0.2, -0.15) is 0 Å². The topological polar surface area (TPSA) is 26.0 Å². The quantitative estimate of drug-likeness (QED) is 0.318. The summed E-state index contributed by atoms with van der Waals surface area (Å²) in [6.07, 6.45) is 9.03. The van der Waals surface area contributed by atoms with Gasteiger partial charge in [0.05, 0.1) is 5.69 Å². The Kier molecular flexibility index (Phi) is 4.21. The van der Waals surface area contributed by atoms with Crippen LogP contribution in [-0.2, 0) is 0 Å². The van der Waals surface area contributed by atoms with Gasteiger partial charge in [0.2, 0.25) is 0 Å². The molecule has 0 amide bonds. The van der Waals surface area contributed by atoms with Crippen LogP contribution in [0.1, 0.15) is 0 Å². The number of hydrogen-bond acceptors (Lipinski definition) is 2. The summed E-state index contributed by atoms with van der Waals surface area (Å²) in [4.78, 5) is 6.20. The van der Waals surface area contributed by atoms with Crippen LogP contribution in [0, 0.1) is 0 Å². The lowest BCUT2D eigenvalue weighted by atomic mass is 10.0. The molecule has 0 aliphatic heterocycles. The first kappa shape index (κ1) is 18.0. The number of furan rings is 1. The van der Waals surface area contributed by atoms with Crippen molar-refractivity contribution in [3.63, 3.8) is 0 Å². The van der Waals surface area contributed by atoms with Gasteiger partial charge in [-0.25, -0.2) is 10.0 Å². The van der Waals surface area contributed by atoms with Crippen molar-refractivity contribution in [2.24, 2.45) is 0 Å². The fraction of sp³-hybridized carbons (Fsp3) is 0.115. The average molecular weight is 398 g/mol. The maximum absolute atomic E-state index is 5.98. The summed E-state index contributed by atoms with van der Waals surface area (Å²) in [6, 6.07) is 27.4. The van der Waals surface area contributed by atoms with Crippen LogP contribution < -0.4 is 0 Å². The van der Waals surface area contributed by atoms with Crippen molar-refractivity contribution in [1.29, 1.82) is 0 Å². The van der Waals surface area contributed by atoms with Crippen molar-refractivity contribution >= 4 is 32.0 Å². The first-order valence-corrected chi connectivity index (χ1v) is 12.5. The summed E-state index contributed by atoms with van der Waals surface area (Å²) in [7, 11) is -0.913. The Morgan fingerprint density at radius 2 is 1.41 bits per heavy atom. The molecule has 0 aliphatic carbocycles. The maximum atomic E-state index is 5.98. The standard InChI is InChI=1S/C26H23NOS/c1-29(2,3)26-17-27-23(16-21(26)18-9-5-4-6-10-18)19-13-14-25-22(15-19)20-11-7-8-12-24(20)28-25/h4-17H,1-3H3. The minimum absolute atomic E-state index is 0.911. The third-order valence-electron chi connectivity index (χ3n) is 5.28. The predicted molar refractivity (Wildman–Crippen MR) is 126 cm³/mol. The molecule has 2 aromatic heterocycles. The van der Waals surface area contributed by atoms with E-state index in [1.54, 1.807) is 0 Å². The summed E-state index contributed by atoms with van der Waals surface area (Å²) in [5, 5.41) is 2.27. The number of pyridine rings is 1. The highest BCUT2D eigenvalue weighted by molar-refractivity contribution is 8.32. The van der Waals surface area contributed by atoms with E-state index >= 15 is 0 Å². The Hall–Kier alpha value is -3.04. The zero-order valence-corrected chi connectivity index (χ0v) is 17.7. The summed E-state index contributed by atoms with van der Waals surface area (Å²) in [6.45, 7) is 0. The zero-order valence-electron chi connectivity index (χ0n) is 16.8. The van der Waals surface area contributed by atoms with Gasteiger partial charge in [-0.3, -0.25) is 4.98 Å². The van der Waals surface area contributed by atoms with Gasteiger partial charge in [-0.1, -0.05) is 48.5 Å². The fourth-order valence-corrected chi connectivity index (χ4v) is 5.02. The normalized spacial score (nSPS) is 12.5. The second-order valence-electron chi connectivity index (χ2n) is 8.08. The predicted octanol–water partition coefficient (Wildman–Crippen LogP) is 7.37. The van der Waals surface area contributed by atoms with Crippen LogP contribution in [0.2, 0.25) is 0 Å². The van der Waals surface area contributed by atoms with E-state index in [0.29, 0.717) is 0 Å². The molecule has 0 atom stereocenters. The maximum Gasteiger partial charge on any atom is 0.135 e. The van der Waals surface area contributed by atoms with Crippen LogP contribution in [0.4, 0.5) is 0 Å². The number of fused-ring (bicyclic) bond motifs is 3. The molecule has 144 valence electrons. The Morgan fingerprint density at radius 1 is 0.690 bits per heavy atom. The first-order chi connectivity index (χ1) is 14.0. The van der Waals surface area contributed by atoms with Gasteiger partial charge in [0.25, 0.3) is 0 Å². The number of hydrogen-bond donors (Lipinski definition) is 0. The Balaban J connectivity index is 1.71. The van der Waals surface area contributed by atoms with Crippen molar-refractivity contribution in [3.05, 3.63) is 85.1 Å². The van der Waals surface area contributed by atoms with Crippen LogP contribution in [0.25, 0.3) is 44.3 Å². The lowest BCUT2D eigenvalue weighted by Gasteiger charge is -2.28. The highest BCUT2D eigenvalue weighted by atomic mass is 32.3. The molecule has 5 rings (SSSR count). The molecule has 0 radical (unpaired) electrons. The smallest absolute Gasteiger partial charge is 0.135 e. The minimum atomic E-state index is -0.913. The highest BCUT2D eigenvalue weighted by Crippen LogP contribution is 2.50. The Morgan fingerprint density at radius 3 is 2.21 bits per heavy atom. The van der Waals surface area contributed by atoms with Crippen LogP contribution in [0.3, 0.4) is 0 Å². The van der Waals surface area contributed by atoms with E-state index in [2.05, 4.69) is 91.7 Å². The van der Waals surface area contributed by atoms with E-state index in [-0.39, 0.29) is 0 Å². The van der Waals surface area contributed by atoms with E-state index in [4.69, 9.17) is 9.40 Å². The van der Waals surface area contributed by atoms with E-state index < -0.39 is 10.0 Å².